The van der Waals surface area contributed by atoms with Crippen LogP contribution in [-0.2, 0) is 25.9 Å². The standard InChI is InChI=1S/C14H21F3O3Si/c1-11(2)20-21(18-3,19-4)9-8-12-6-5-7-13(10-12)14(15,16)17/h5-7,10-11H,8-9H2,1-4H3. The van der Waals surface area contributed by atoms with Crippen LogP contribution in [0.4, 0.5) is 13.2 Å². The Hall–Kier alpha value is -0.893. The summed E-state index contributed by atoms with van der Waals surface area (Å²) in [5.41, 5.74) is -0.0602. The van der Waals surface area contributed by atoms with Crippen molar-refractivity contribution in [2.24, 2.45) is 0 Å². The zero-order chi connectivity index (χ0) is 16.1. The molecule has 1 rings (SSSR count). The number of alkyl halides is 3. The first-order chi connectivity index (χ1) is 9.72. The van der Waals surface area contributed by atoms with Gasteiger partial charge in [0.2, 0.25) is 0 Å². The summed E-state index contributed by atoms with van der Waals surface area (Å²) in [6, 6.07) is 5.71. The molecule has 0 heterocycles. The lowest BCUT2D eigenvalue weighted by Crippen LogP contribution is -2.46. The fourth-order valence-corrected chi connectivity index (χ4v) is 4.20. The van der Waals surface area contributed by atoms with Gasteiger partial charge in [-0.25, -0.2) is 0 Å². The van der Waals surface area contributed by atoms with Crippen LogP contribution in [0.15, 0.2) is 24.3 Å². The van der Waals surface area contributed by atoms with E-state index >= 15 is 0 Å². The minimum absolute atomic E-state index is 0.0712. The Kier molecular flexibility index (Phi) is 6.39. The molecule has 0 atom stereocenters. The topological polar surface area (TPSA) is 27.7 Å². The van der Waals surface area contributed by atoms with E-state index in [0.717, 1.165) is 12.1 Å². The summed E-state index contributed by atoms with van der Waals surface area (Å²) in [6.45, 7) is 3.73. The zero-order valence-corrected chi connectivity index (χ0v) is 13.7. The Morgan fingerprint density at radius 1 is 1.14 bits per heavy atom. The predicted molar refractivity (Wildman–Crippen MR) is 75.9 cm³/mol. The van der Waals surface area contributed by atoms with Crippen molar-refractivity contribution < 1.29 is 26.4 Å². The number of benzene rings is 1. The second kappa shape index (κ2) is 7.39. The third-order valence-corrected chi connectivity index (χ3v) is 5.95. The van der Waals surface area contributed by atoms with Crippen LogP contribution in [-0.4, -0.2) is 29.1 Å². The van der Waals surface area contributed by atoms with Gasteiger partial charge >= 0.3 is 15.0 Å². The van der Waals surface area contributed by atoms with Gasteiger partial charge < -0.3 is 13.3 Å². The highest BCUT2D eigenvalue weighted by Crippen LogP contribution is 2.30. The third-order valence-electron chi connectivity index (χ3n) is 3.01. The fourth-order valence-electron chi connectivity index (χ4n) is 2.00. The van der Waals surface area contributed by atoms with Crippen molar-refractivity contribution in [2.75, 3.05) is 14.2 Å². The molecule has 0 aliphatic heterocycles. The quantitative estimate of drug-likeness (QED) is 0.713. The van der Waals surface area contributed by atoms with E-state index in [0.29, 0.717) is 18.0 Å². The molecular formula is C14H21F3O3Si. The summed E-state index contributed by atoms with van der Waals surface area (Å²) in [5.74, 6) is 0. The number of halogens is 3. The van der Waals surface area contributed by atoms with E-state index in [-0.39, 0.29) is 6.10 Å². The summed E-state index contributed by atoms with van der Waals surface area (Å²) in [4.78, 5) is 0. The molecule has 1 aromatic rings. The third kappa shape index (κ3) is 5.42. The number of rotatable bonds is 7. The van der Waals surface area contributed by atoms with Gasteiger partial charge in [-0.3, -0.25) is 0 Å². The maximum atomic E-state index is 12.7. The zero-order valence-electron chi connectivity index (χ0n) is 12.7. The molecular weight excluding hydrogens is 301 g/mol. The fraction of sp³-hybridized carbons (Fsp3) is 0.571. The van der Waals surface area contributed by atoms with Gasteiger partial charge in [-0.1, -0.05) is 18.2 Å². The van der Waals surface area contributed by atoms with Crippen LogP contribution in [0.1, 0.15) is 25.0 Å². The summed E-state index contributed by atoms with van der Waals surface area (Å²) in [7, 11) is 0.175. The van der Waals surface area contributed by atoms with Crippen LogP contribution in [0.3, 0.4) is 0 Å². The molecule has 0 aliphatic rings. The average Bonchev–Trinajstić information content (AvgIpc) is 2.42. The molecule has 0 bridgehead atoms. The molecule has 3 nitrogen and oxygen atoms in total. The highest BCUT2D eigenvalue weighted by Gasteiger charge is 2.39. The number of aryl methyl sites for hydroxylation is 1. The molecule has 1 aromatic carbocycles. The minimum Gasteiger partial charge on any atom is -0.377 e. The molecule has 120 valence electrons. The van der Waals surface area contributed by atoms with Crippen molar-refractivity contribution in [1.29, 1.82) is 0 Å². The summed E-state index contributed by atoms with van der Waals surface area (Å²) in [5, 5.41) is 0. The Bertz CT molecular complexity index is 445. The molecule has 0 saturated heterocycles. The first-order valence-corrected chi connectivity index (χ1v) is 8.60. The Morgan fingerprint density at radius 2 is 1.76 bits per heavy atom. The highest BCUT2D eigenvalue weighted by molar-refractivity contribution is 6.60. The maximum absolute atomic E-state index is 12.7. The van der Waals surface area contributed by atoms with Crippen LogP contribution in [0, 0.1) is 0 Å². The van der Waals surface area contributed by atoms with Crippen molar-refractivity contribution in [3.8, 4) is 0 Å². The second-order valence-corrected chi connectivity index (χ2v) is 7.87. The largest absolute Gasteiger partial charge is 0.500 e. The minimum atomic E-state index is -4.33. The normalized spacial score (nSPS) is 13.0. The summed E-state index contributed by atoms with van der Waals surface area (Å²) in [6.07, 6.45) is -4.00. The van der Waals surface area contributed by atoms with Gasteiger partial charge in [0.15, 0.2) is 0 Å². The lowest BCUT2D eigenvalue weighted by atomic mass is 10.1. The molecule has 7 heteroatoms. The molecule has 0 radical (unpaired) electrons. The van der Waals surface area contributed by atoms with Gasteiger partial charge in [-0.05, 0) is 31.9 Å². The molecule has 0 N–H and O–H groups in total. The van der Waals surface area contributed by atoms with Crippen LogP contribution < -0.4 is 0 Å². The van der Waals surface area contributed by atoms with Gasteiger partial charge in [0.1, 0.15) is 0 Å². The van der Waals surface area contributed by atoms with Gasteiger partial charge in [0.05, 0.1) is 5.56 Å². The van der Waals surface area contributed by atoms with Crippen LogP contribution in [0.2, 0.25) is 6.04 Å². The molecule has 0 unspecified atom stereocenters. The van der Waals surface area contributed by atoms with E-state index in [4.69, 9.17) is 13.3 Å². The van der Waals surface area contributed by atoms with Gasteiger partial charge in [-0.15, -0.1) is 0 Å². The van der Waals surface area contributed by atoms with E-state index in [9.17, 15) is 13.2 Å². The van der Waals surface area contributed by atoms with Crippen molar-refractivity contribution in [1.82, 2.24) is 0 Å². The molecule has 0 aromatic heterocycles. The summed E-state index contributed by atoms with van der Waals surface area (Å²) < 4.78 is 54.5. The summed E-state index contributed by atoms with van der Waals surface area (Å²) >= 11 is 0. The first-order valence-electron chi connectivity index (χ1n) is 6.66. The van der Waals surface area contributed by atoms with Crippen LogP contribution in [0.25, 0.3) is 0 Å². The van der Waals surface area contributed by atoms with Gasteiger partial charge in [0.25, 0.3) is 0 Å². The van der Waals surface area contributed by atoms with Crippen molar-refractivity contribution in [3.05, 3.63) is 35.4 Å². The lowest BCUT2D eigenvalue weighted by Gasteiger charge is -2.28. The molecule has 0 aliphatic carbocycles. The number of hydrogen-bond acceptors (Lipinski definition) is 3. The molecule has 0 spiro atoms. The van der Waals surface area contributed by atoms with E-state index < -0.39 is 20.5 Å². The first kappa shape index (κ1) is 18.2. The van der Waals surface area contributed by atoms with E-state index in [1.807, 2.05) is 13.8 Å². The molecule has 0 fully saturated rings. The van der Waals surface area contributed by atoms with Crippen LogP contribution in [0.5, 0.6) is 0 Å². The monoisotopic (exact) mass is 322 g/mol. The Labute approximate surface area is 124 Å². The maximum Gasteiger partial charge on any atom is 0.500 e. The van der Waals surface area contributed by atoms with Gasteiger partial charge in [0, 0.05) is 26.4 Å². The molecule has 0 saturated carbocycles. The van der Waals surface area contributed by atoms with E-state index in [1.54, 1.807) is 6.07 Å². The lowest BCUT2D eigenvalue weighted by molar-refractivity contribution is -0.137. The van der Waals surface area contributed by atoms with Crippen molar-refractivity contribution in [2.45, 2.75) is 38.6 Å². The molecule has 0 amide bonds. The van der Waals surface area contributed by atoms with Crippen molar-refractivity contribution in [3.63, 3.8) is 0 Å². The smallest absolute Gasteiger partial charge is 0.377 e. The number of hydrogen-bond donors (Lipinski definition) is 0. The average molecular weight is 322 g/mol. The molecule has 21 heavy (non-hydrogen) atoms. The predicted octanol–water partition coefficient (Wildman–Crippen LogP) is 3.90. The van der Waals surface area contributed by atoms with Crippen molar-refractivity contribution >= 4 is 8.80 Å². The second-order valence-electron chi connectivity index (χ2n) is 4.96. The van der Waals surface area contributed by atoms with Crippen LogP contribution >= 0.6 is 0 Å². The SMILES string of the molecule is CO[Si](CCc1cccc(C(F)(F)F)c1)(OC)OC(C)C. The van der Waals surface area contributed by atoms with Gasteiger partial charge in [-0.2, -0.15) is 13.2 Å². The Morgan fingerprint density at radius 3 is 2.24 bits per heavy atom. The Balaban J connectivity index is 2.81. The highest BCUT2D eigenvalue weighted by atomic mass is 28.4. The van der Waals surface area contributed by atoms with E-state index in [1.165, 1.54) is 20.3 Å². The van der Waals surface area contributed by atoms with E-state index in [2.05, 4.69) is 0 Å².